The molecule has 3 unspecified atom stereocenters. The van der Waals surface area contributed by atoms with E-state index in [1.165, 1.54) is 0 Å². The van der Waals surface area contributed by atoms with Crippen LogP contribution < -0.4 is 5.73 Å². The van der Waals surface area contributed by atoms with Crippen LogP contribution in [0.5, 0.6) is 0 Å². The molecule has 4 nitrogen and oxygen atoms in total. The molecule has 0 radical (unpaired) electrons. The van der Waals surface area contributed by atoms with Crippen molar-refractivity contribution in [3.63, 3.8) is 0 Å². The minimum absolute atomic E-state index is 0.0145. The van der Waals surface area contributed by atoms with Gasteiger partial charge in [-0.05, 0) is 24.2 Å². The molecule has 0 spiro atoms. The molecular weight excluding hydrogens is 228 g/mol. The molecule has 1 aliphatic rings. The average Bonchev–Trinajstić information content (AvgIpc) is 2.56. The van der Waals surface area contributed by atoms with Gasteiger partial charge in [-0.25, -0.2) is 0 Å². The van der Waals surface area contributed by atoms with Gasteiger partial charge in [0.05, 0.1) is 12.6 Å². The molecule has 1 saturated heterocycles. The SMILES string of the molecule is CC1CCN(C(=O)CC(N)CC(C)(C)C)C1CO. The second-order valence-corrected chi connectivity index (χ2v) is 6.83. The van der Waals surface area contributed by atoms with Crippen molar-refractivity contribution in [2.45, 2.75) is 59.0 Å². The van der Waals surface area contributed by atoms with E-state index in [4.69, 9.17) is 5.73 Å². The van der Waals surface area contributed by atoms with Crippen molar-refractivity contribution in [1.82, 2.24) is 4.90 Å². The first-order chi connectivity index (χ1) is 8.24. The summed E-state index contributed by atoms with van der Waals surface area (Å²) < 4.78 is 0. The Morgan fingerprint density at radius 1 is 1.50 bits per heavy atom. The van der Waals surface area contributed by atoms with Crippen LogP contribution in [0, 0.1) is 11.3 Å². The Kier molecular flexibility index (Phi) is 5.17. The highest BCUT2D eigenvalue weighted by Gasteiger charge is 2.34. The van der Waals surface area contributed by atoms with Crippen molar-refractivity contribution in [2.75, 3.05) is 13.2 Å². The maximum absolute atomic E-state index is 12.2. The van der Waals surface area contributed by atoms with Crippen LogP contribution in [0.3, 0.4) is 0 Å². The fraction of sp³-hybridized carbons (Fsp3) is 0.929. The molecule has 18 heavy (non-hydrogen) atoms. The van der Waals surface area contributed by atoms with E-state index in [1.807, 2.05) is 4.90 Å². The highest BCUT2D eigenvalue weighted by atomic mass is 16.3. The zero-order valence-electron chi connectivity index (χ0n) is 12.1. The van der Waals surface area contributed by atoms with Gasteiger partial charge >= 0.3 is 0 Å². The minimum atomic E-state index is -0.0900. The fourth-order valence-electron chi connectivity index (χ4n) is 2.80. The van der Waals surface area contributed by atoms with Crippen LogP contribution >= 0.6 is 0 Å². The largest absolute Gasteiger partial charge is 0.394 e. The monoisotopic (exact) mass is 256 g/mol. The molecule has 0 bridgehead atoms. The summed E-state index contributed by atoms with van der Waals surface area (Å²) in [5, 5.41) is 9.35. The highest BCUT2D eigenvalue weighted by Crippen LogP contribution is 2.26. The number of hydrogen-bond acceptors (Lipinski definition) is 3. The van der Waals surface area contributed by atoms with Crippen molar-refractivity contribution in [2.24, 2.45) is 17.1 Å². The van der Waals surface area contributed by atoms with Gasteiger partial charge in [0, 0.05) is 19.0 Å². The smallest absolute Gasteiger partial charge is 0.224 e. The third kappa shape index (κ3) is 4.25. The predicted molar refractivity (Wildman–Crippen MR) is 73.0 cm³/mol. The lowest BCUT2D eigenvalue weighted by Crippen LogP contribution is -2.42. The first-order valence-corrected chi connectivity index (χ1v) is 6.90. The first-order valence-electron chi connectivity index (χ1n) is 6.90. The average molecular weight is 256 g/mol. The molecule has 1 fully saturated rings. The van der Waals surface area contributed by atoms with E-state index in [-0.39, 0.29) is 30.0 Å². The van der Waals surface area contributed by atoms with Gasteiger partial charge in [-0.1, -0.05) is 27.7 Å². The first kappa shape index (κ1) is 15.4. The molecule has 0 aromatic carbocycles. The van der Waals surface area contributed by atoms with Crippen LogP contribution in [0.15, 0.2) is 0 Å². The van der Waals surface area contributed by atoms with E-state index in [1.54, 1.807) is 0 Å². The lowest BCUT2D eigenvalue weighted by atomic mass is 9.87. The predicted octanol–water partition coefficient (Wildman–Crippen LogP) is 1.37. The minimum Gasteiger partial charge on any atom is -0.394 e. The van der Waals surface area contributed by atoms with Crippen molar-refractivity contribution < 1.29 is 9.90 Å². The summed E-state index contributed by atoms with van der Waals surface area (Å²) in [5.41, 5.74) is 6.19. The van der Waals surface area contributed by atoms with E-state index in [0.29, 0.717) is 12.3 Å². The van der Waals surface area contributed by atoms with Crippen LogP contribution in [0.25, 0.3) is 0 Å². The number of aliphatic hydroxyl groups is 1. The standard InChI is InChI=1S/C14H28N2O2/c1-10-5-6-16(12(10)9-17)13(18)7-11(15)8-14(2,3)4/h10-12,17H,5-9,15H2,1-4H3. The Labute approximate surface area is 111 Å². The van der Waals surface area contributed by atoms with E-state index < -0.39 is 0 Å². The maximum Gasteiger partial charge on any atom is 0.224 e. The van der Waals surface area contributed by atoms with Crippen LogP contribution in [-0.2, 0) is 4.79 Å². The molecule has 0 aromatic heterocycles. The molecule has 0 aromatic rings. The molecular formula is C14H28N2O2. The van der Waals surface area contributed by atoms with Gasteiger partial charge in [-0.15, -0.1) is 0 Å². The maximum atomic E-state index is 12.2. The van der Waals surface area contributed by atoms with E-state index in [0.717, 1.165) is 19.4 Å². The number of nitrogens with two attached hydrogens (primary N) is 1. The normalized spacial score (nSPS) is 26.4. The number of likely N-dealkylation sites (tertiary alicyclic amines) is 1. The van der Waals surface area contributed by atoms with Crippen LogP contribution in [0.1, 0.15) is 47.0 Å². The number of rotatable bonds is 4. The number of carbonyl (C=O) groups is 1. The van der Waals surface area contributed by atoms with Crippen LogP contribution in [-0.4, -0.2) is 41.1 Å². The summed E-state index contributed by atoms with van der Waals surface area (Å²) in [7, 11) is 0. The summed E-state index contributed by atoms with van der Waals surface area (Å²) in [4.78, 5) is 14.0. The molecule has 1 aliphatic heterocycles. The third-order valence-corrected chi connectivity index (χ3v) is 3.70. The Hall–Kier alpha value is -0.610. The third-order valence-electron chi connectivity index (χ3n) is 3.70. The molecule has 1 rings (SSSR count). The van der Waals surface area contributed by atoms with Crippen molar-refractivity contribution in [3.05, 3.63) is 0 Å². The Morgan fingerprint density at radius 2 is 2.11 bits per heavy atom. The van der Waals surface area contributed by atoms with Gasteiger partial charge in [0.25, 0.3) is 0 Å². The lowest BCUT2D eigenvalue weighted by molar-refractivity contribution is -0.133. The summed E-state index contributed by atoms with van der Waals surface area (Å²) >= 11 is 0. The molecule has 3 atom stereocenters. The molecule has 1 amide bonds. The van der Waals surface area contributed by atoms with E-state index in [2.05, 4.69) is 27.7 Å². The van der Waals surface area contributed by atoms with Crippen molar-refractivity contribution in [1.29, 1.82) is 0 Å². The van der Waals surface area contributed by atoms with Crippen molar-refractivity contribution in [3.8, 4) is 0 Å². The number of amides is 1. The molecule has 0 saturated carbocycles. The lowest BCUT2D eigenvalue weighted by Gasteiger charge is -2.28. The summed E-state index contributed by atoms with van der Waals surface area (Å²) in [5.74, 6) is 0.480. The van der Waals surface area contributed by atoms with Crippen molar-refractivity contribution >= 4 is 5.91 Å². The van der Waals surface area contributed by atoms with E-state index >= 15 is 0 Å². The van der Waals surface area contributed by atoms with Gasteiger partial charge in [-0.3, -0.25) is 4.79 Å². The second kappa shape index (κ2) is 6.02. The molecule has 4 heteroatoms. The summed E-state index contributed by atoms with van der Waals surface area (Å²) in [6, 6.07) is -0.105. The number of nitrogens with zero attached hydrogens (tertiary/aromatic N) is 1. The Bertz CT molecular complexity index is 286. The Morgan fingerprint density at radius 3 is 2.61 bits per heavy atom. The Balaban J connectivity index is 2.50. The van der Waals surface area contributed by atoms with Gasteiger partial charge in [0.15, 0.2) is 0 Å². The van der Waals surface area contributed by atoms with Gasteiger partial charge in [0.2, 0.25) is 5.91 Å². The molecule has 1 heterocycles. The van der Waals surface area contributed by atoms with Gasteiger partial charge < -0.3 is 15.7 Å². The quantitative estimate of drug-likeness (QED) is 0.798. The van der Waals surface area contributed by atoms with Crippen LogP contribution in [0.4, 0.5) is 0 Å². The van der Waals surface area contributed by atoms with Gasteiger partial charge in [-0.2, -0.15) is 0 Å². The number of carbonyl (C=O) groups excluding carboxylic acids is 1. The summed E-state index contributed by atoms with van der Waals surface area (Å²) in [6.45, 7) is 9.29. The zero-order chi connectivity index (χ0) is 13.9. The number of aliphatic hydroxyl groups excluding tert-OH is 1. The molecule has 106 valence electrons. The molecule has 3 N–H and O–H groups in total. The van der Waals surface area contributed by atoms with Crippen LogP contribution in [0.2, 0.25) is 0 Å². The number of hydrogen-bond donors (Lipinski definition) is 2. The molecule has 0 aliphatic carbocycles. The fourth-order valence-corrected chi connectivity index (χ4v) is 2.80. The zero-order valence-corrected chi connectivity index (χ0v) is 12.1. The second-order valence-electron chi connectivity index (χ2n) is 6.83. The van der Waals surface area contributed by atoms with E-state index in [9.17, 15) is 9.90 Å². The topological polar surface area (TPSA) is 66.6 Å². The highest BCUT2D eigenvalue weighted by molar-refractivity contribution is 5.77. The van der Waals surface area contributed by atoms with Gasteiger partial charge in [0.1, 0.15) is 0 Å². The summed E-state index contributed by atoms with van der Waals surface area (Å²) in [6.07, 6.45) is 2.21.